The summed E-state index contributed by atoms with van der Waals surface area (Å²) in [5.74, 6) is 0. The molecule has 2 heterocycles. The van der Waals surface area contributed by atoms with E-state index in [1.165, 1.54) is 25.7 Å². The highest BCUT2D eigenvalue weighted by atomic mass is 32.3. The number of fused-ring (bicyclic) bond motifs is 1. The van der Waals surface area contributed by atoms with Crippen LogP contribution in [0.3, 0.4) is 0 Å². The Morgan fingerprint density at radius 3 is 2.12 bits per heavy atom. The fourth-order valence-corrected chi connectivity index (χ4v) is 7.04. The molecule has 0 amide bonds. The molecule has 6 nitrogen and oxygen atoms in total. The molecular formula is C16H24N2O4S2. The van der Waals surface area contributed by atoms with E-state index >= 15 is 0 Å². The molecule has 0 unspecified atom stereocenters. The Labute approximate surface area is 144 Å². The van der Waals surface area contributed by atoms with Gasteiger partial charge in [0.1, 0.15) is 0 Å². The molecule has 2 saturated heterocycles. The highest BCUT2D eigenvalue weighted by Crippen LogP contribution is 2.40. The quantitative estimate of drug-likeness (QED) is 0.809. The van der Waals surface area contributed by atoms with Crippen molar-refractivity contribution in [1.29, 1.82) is 0 Å². The molecule has 0 aliphatic carbocycles. The summed E-state index contributed by atoms with van der Waals surface area (Å²) in [7, 11) is -7.78. The molecule has 2 aliphatic heterocycles. The second-order valence-corrected chi connectivity index (χ2v) is 10.7. The standard InChI is InChI=1S/C16H24N2O4S2/c1-23(19,20)18(24(2,21)22)15-8-6-13(7-9-15)16-11-10-14-5-3-4-12-17(14)16/h6-9,14,16H,3-5,10-12H2,1-2H3/t14-,16+/m1/s1. The summed E-state index contributed by atoms with van der Waals surface area (Å²) >= 11 is 0. The van der Waals surface area contributed by atoms with Gasteiger partial charge in [-0.1, -0.05) is 18.6 Å². The van der Waals surface area contributed by atoms with Crippen LogP contribution in [0.25, 0.3) is 0 Å². The average molecular weight is 373 g/mol. The lowest BCUT2D eigenvalue weighted by atomic mass is 10.0. The fraction of sp³-hybridized carbons (Fsp3) is 0.625. The molecule has 0 saturated carbocycles. The van der Waals surface area contributed by atoms with Crippen LogP contribution >= 0.6 is 0 Å². The van der Waals surface area contributed by atoms with Gasteiger partial charge in [0.05, 0.1) is 18.2 Å². The lowest BCUT2D eigenvalue weighted by molar-refractivity contribution is 0.150. The van der Waals surface area contributed by atoms with Crippen molar-refractivity contribution in [3.8, 4) is 0 Å². The maximum atomic E-state index is 11.8. The van der Waals surface area contributed by atoms with Gasteiger partial charge in [-0.2, -0.15) is 3.71 Å². The first-order chi connectivity index (χ1) is 11.2. The third kappa shape index (κ3) is 3.45. The summed E-state index contributed by atoms with van der Waals surface area (Å²) in [5, 5.41) is 0. The van der Waals surface area contributed by atoms with Crippen molar-refractivity contribution in [2.24, 2.45) is 0 Å². The number of benzene rings is 1. The number of piperidine rings is 1. The van der Waals surface area contributed by atoms with Crippen molar-refractivity contribution < 1.29 is 16.8 Å². The van der Waals surface area contributed by atoms with Gasteiger partial charge in [-0.15, -0.1) is 0 Å². The van der Waals surface area contributed by atoms with Gasteiger partial charge >= 0.3 is 0 Å². The second kappa shape index (κ2) is 6.31. The van der Waals surface area contributed by atoms with Crippen LogP contribution < -0.4 is 3.71 Å². The predicted molar refractivity (Wildman–Crippen MR) is 94.9 cm³/mol. The number of anilines is 1. The van der Waals surface area contributed by atoms with E-state index in [-0.39, 0.29) is 5.69 Å². The van der Waals surface area contributed by atoms with E-state index in [4.69, 9.17) is 0 Å². The van der Waals surface area contributed by atoms with Gasteiger partial charge in [0.25, 0.3) is 0 Å². The van der Waals surface area contributed by atoms with E-state index in [9.17, 15) is 16.8 Å². The lowest BCUT2D eigenvalue weighted by Crippen LogP contribution is -2.36. The Balaban J connectivity index is 1.88. The number of hydrogen-bond acceptors (Lipinski definition) is 5. The summed E-state index contributed by atoms with van der Waals surface area (Å²) in [5.41, 5.74) is 1.29. The van der Waals surface area contributed by atoms with Crippen LogP contribution in [-0.2, 0) is 20.0 Å². The first kappa shape index (κ1) is 17.7. The largest absolute Gasteiger partial charge is 0.293 e. The highest BCUT2D eigenvalue weighted by Gasteiger charge is 2.35. The zero-order chi connectivity index (χ0) is 17.5. The first-order valence-corrected chi connectivity index (χ1v) is 11.9. The zero-order valence-corrected chi connectivity index (χ0v) is 15.7. The number of nitrogens with zero attached hydrogens (tertiary/aromatic N) is 2. The van der Waals surface area contributed by atoms with Crippen LogP contribution in [0.2, 0.25) is 0 Å². The molecule has 2 aliphatic rings. The molecule has 0 spiro atoms. The van der Waals surface area contributed by atoms with Crippen molar-refractivity contribution in [1.82, 2.24) is 4.90 Å². The second-order valence-electron chi connectivity index (χ2n) is 6.80. The van der Waals surface area contributed by atoms with E-state index in [1.807, 2.05) is 12.1 Å². The fourth-order valence-electron chi connectivity index (χ4n) is 4.06. The molecule has 1 aromatic carbocycles. The van der Waals surface area contributed by atoms with Gasteiger partial charge in [-0.05, 0) is 49.9 Å². The molecule has 8 heteroatoms. The molecule has 2 fully saturated rings. The molecule has 1 aromatic rings. The molecule has 134 valence electrons. The number of sulfonamides is 2. The van der Waals surface area contributed by atoms with Crippen molar-refractivity contribution in [2.45, 2.75) is 44.2 Å². The SMILES string of the molecule is CS(=O)(=O)N(c1ccc([C@@H]2CC[C@H]3CCCCN32)cc1)S(C)(=O)=O. The van der Waals surface area contributed by atoms with Crippen LogP contribution in [0.15, 0.2) is 24.3 Å². The third-order valence-corrected chi connectivity index (χ3v) is 8.19. The van der Waals surface area contributed by atoms with Gasteiger partial charge in [0.2, 0.25) is 20.0 Å². The molecule has 0 bridgehead atoms. The molecule has 0 aromatic heterocycles. The smallest absolute Gasteiger partial charge is 0.245 e. The average Bonchev–Trinajstić information content (AvgIpc) is 2.89. The van der Waals surface area contributed by atoms with Gasteiger partial charge in [-0.25, -0.2) is 16.8 Å². The third-order valence-electron chi connectivity index (χ3n) is 4.94. The van der Waals surface area contributed by atoms with E-state index in [0.29, 0.717) is 15.8 Å². The van der Waals surface area contributed by atoms with Gasteiger partial charge < -0.3 is 0 Å². The Hall–Kier alpha value is -1.12. The minimum Gasteiger partial charge on any atom is -0.293 e. The topological polar surface area (TPSA) is 74.8 Å². The van der Waals surface area contributed by atoms with E-state index in [0.717, 1.165) is 31.0 Å². The molecule has 3 rings (SSSR count). The van der Waals surface area contributed by atoms with E-state index < -0.39 is 20.0 Å². The monoisotopic (exact) mass is 372 g/mol. The maximum absolute atomic E-state index is 11.8. The van der Waals surface area contributed by atoms with Crippen LogP contribution in [0.1, 0.15) is 43.7 Å². The molecule has 2 atom stereocenters. The van der Waals surface area contributed by atoms with E-state index in [1.54, 1.807) is 12.1 Å². The molecule has 0 radical (unpaired) electrons. The molecule has 24 heavy (non-hydrogen) atoms. The van der Waals surface area contributed by atoms with Crippen molar-refractivity contribution >= 4 is 25.7 Å². The Morgan fingerprint density at radius 1 is 0.917 bits per heavy atom. The minimum atomic E-state index is -3.89. The van der Waals surface area contributed by atoms with Gasteiger partial charge in [0.15, 0.2) is 0 Å². The highest BCUT2D eigenvalue weighted by molar-refractivity contribution is 8.09. The maximum Gasteiger partial charge on any atom is 0.245 e. The summed E-state index contributed by atoms with van der Waals surface area (Å²) in [4.78, 5) is 2.55. The Bertz CT molecular complexity index is 771. The van der Waals surface area contributed by atoms with Crippen LogP contribution in [-0.4, -0.2) is 46.8 Å². The van der Waals surface area contributed by atoms with Crippen LogP contribution in [0.4, 0.5) is 5.69 Å². The van der Waals surface area contributed by atoms with Crippen molar-refractivity contribution in [3.05, 3.63) is 29.8 Å². The summed E-state index contributed by atoms with van der Waals surface area (Å²) < 4.78 is 47.9. The number of rotatable bonds is 4. The summed E-state index contributed by atoms with van der Waals surface area (Å²) in [6, 6.07) is 7.92. The van der Waals surface area contributed by atoms with Crippen LogP contribution in [0, 0.1) is 0 Å². The van der Waals surface area contributed by atoms with Gasteiger partial charge in [-0.3, -0.25) is 4.90 Å². The first-order valence-electron chi connectivity index (χ1n) is 8.24. The predicted octanol–water partition coefficient (Wildman–Crippen LogP) is 2.10. The lowest BCUT2D eigenvalue weighted by Gasteiger charge is -2.34. The van der Waals surface area contributed by atoms with Crippen molar-refractivity contribution in [2.75, 3.05) is 22.8 Å². The zero-order valence-electron chi connectivity index (χ0n) is 14.1. The van der Waals surface area contributed by atoms with Crippen molar-refractivity contribution in [3.63, 3.8) is 0 Å². The number of hydrogen-bond donors (Lipinski definition) is 0. The van der Waals surface area contributed by atoms with E-state index in [2.05, 4.69) is 4.90 Å². The van der Waals surface area contributed by atoms with Gasteiger partial charge in [0, 0.05) is 12.1 Å². The Kier molecular flexibility index (Phi) is 4.65. The minimum absolute atomic E-state index is 0.164. The summed E-state index contributed by atoms with van der Waals surface area (Å²) in [6.07, 6.45) is 7.88. The van der Waals surface area contributed by atoms with Crippen LogP contribution in [0.5, 0.6) is 0 Å². The Morgan fingerprint density at radius 2 is 1.54 bits per heavy atom. The normalized spacial score (nSPS) is 25.4. The molecular weight excluding hydrogens is 348 g/mol. The molecule has 0 N–H and O–H groups in total. The summed E-state index contributed by atoms with van der Waals surface area (Å²) in [6.45, 7) is 1.11.